The third-order valence-electron chi connectivity index (χ3n) is 6.74. The molecule has 40 heavy (non-hydrogen) atoms. The molecule has 1 N–H and O–H groups in total. The molecule has 216 valence electrons. The van der Waals surface area contributed by atoms with Gasteiger partial charge in [0.05, 0.1) is 0 Å². The summed E-state index contributed by atoms with van der Waals surface area (Å²) in [5, 5.41) is 3.44. The van der Waals surface area contributed by atoms with E-state index in [1.165, 1.54) is 71.2 Å². The van der Waals surface area contributed by atoms with E-state index >= 15 is 0 Å². The van der Waals surface area contributed by atoms with Crippen molar-refractivity contribution in [1.82, 2.24) is 10.2 Å². The molecule has 4 rings (SSSR count). The van der Waals surface area contributed by atoms with Crippen molar-refractivity contribution in [3.05, 3.63) is 106 Å². The summed E-state index contributed by atoms with van der Waals surface area (Å²) in [7, 11) is 0. The summed E-state index contributed by atoms with van der Waals surface area (Å²) < 4.78 is 0. The lowest BCUT2D eigenvalue weighted by atomic mass is 10.0. The van der Waals surface area contributed by atoms with Crippen LogP contribution >= 0.6 is 0 Å². The zero-order chi connectivity index (χ0) is 29.0. The van der Waals surface area contributed by atoms with Gasteiger partial charge in [-0.3, -0.25) is 0 Å². The molecule has 0 bridgehead atoms. The smallest absolute Gasteiger partial charge is 0.0107 e. The summed E-state index contributed by atoms with van der Waals surface area (Å²) in [6, 6.07) is 24.3. The molecule has 0 unspecified atom stereocenters. The van der Waals surface area contributed by atoms with Gasteiger partial charge >= 0.3 is 0 Å². The zero-order valence-corrected chi connectivity index (χ0v) is 26.2. The van der Waals surface area contributed by atoms with Crippen LogP contribution in [-0.4, -0.2) is 37.6 Å². The molecule has 1 fully saturated rings. The number of likely N-dealkylation sites (N-methyl/N-ethyl adjacent to an activating group) is 1. The van der Waals surface area contributed by atoms with Crippen LogP contribution in [0, 0.1) is 13.8 Å². The molecule has 3 aromatic rings. The van der Waals surface area contributed by atoms with E-state index in [1.54, 1.807) is 0 Å². The Morgan fingerprint density at radius 1 is 0.675 bits per heavy atom. The first-order valence-corrected chi connectivity index (χ1v) is 15.6. The molecule has 0 spiro atoms. The van der Waals surface area contributed by atoms with Crippen LogP contribution in [0.4, 0.5) is 0 Å². The van der Waals surface area contributed by atoms with Gasteiger partial charge in [-0.1, -0.05) is 144 Å². The fraction of sp³-hybridized carbons (Fsp3) is 0.421. The number of nitrogens with one attached hydrogen (secondary N) is 1. The van der Waals surface area contributed by atoms with Crippen molar-refractivity contribution < 1.29 is 0 Å². The highest BCUT2D eigenvalue weighted by molar-refractivity contribution is 5.74. The van der Waals surface area contributed by atoms with Crippen molar-refractivity contribution in [2.45, 2.75) is 73.6 Å². The highest BCUT2D eigenvalue weighted by Crippen LogP contribution is 2.18. The van der Waals surface area contributed by atoms with Crippen LogP contribution in [0.3, 0.4) is 0 Å². The molecule has 0 saturated heterocycles. The quantitative estimate of drug-likeness (QED) is 0.172. The predicted octanol–water partition coefficient (Wildman–Crippen LogP) is 9.70. The van der Waals surface area contributed by atoms with E-state index in [9.17, 15) is 0 Å². The van der Waals surface area contributed by atoms with Crippen LogP contribution < -0.4 is 5.32 Å². The average Bonchev–Trinajstić information content (AvgIpc) is 3.87. The predicted molar refractivity (Wildman–Crippen MR) is 181 cm³/mol. The van der Waals surface area contributed by atoms with E-state index in [2.05, 4.69) is 129 Å². The van der Waals surface area contributed by atoms with Crippen LogP contribution in [0.25, 0.3) is 24.3 Å². The Morgan fingerprint density at radius 2 is 1.25 bits per heavy atom. The van der Waals surface area contributed by atoms with Crippen molar-refractivity contribution in [2.75, 3.05) is 32.7 Å². The van der Waals surface area contributed by atoms with Gasteiger partial charge in [0.2, 0.25) is 0 Å². The van der Waals surface area contributed by atoms with Gasteiger partial charge in [0, 0.05) is 19.6 Å². The van der Waals surface area contributed by atoms with Crippen molar-refractivity contribution in [1.29, 1.82) is 0 Å². The zero-order valence-electron chi connectivity index (χ0n) is 26.2. The molecule has 1 aliphatic rings. The van der Waals surface area contributed by atoms with E-state index in [1.807, 2.05) is 13.8 Å². The summed E-state index contributed by atoms with van der Waals surface area (Å²) in [6.07, 6.45) is 15.6. The summed E-state index contributed by atoms with van der Waals surface area (Å²) in [5.74, 6) is 0. The third-order valence-corrected chi connectivity index (χ3v) is 6.74. The Balaban J connectivity index is 0.00000103. The summed E-state index contributed by atoms with van der Waals surface area (Å²) >= 11 is 0. The van der Waals surface area contributed by atoms with Crippen LogP contribution in [0.2, 0.25) is 0 Å². The normalized spacial score (nSPS) is 12.3. The molecule has 0 aromatic heterocycles. The van der Waals surface area contributed by atoms with Crippen molar-refractivity contribution in [3.63, 3.8) is 0 Å². The SMILES string of the molecule is C1CC1.CC.CCCN(CCNCC)CCc1ccc(/C=C/c2ccc(/C=C/c3ccc(C)cc3)c(C)c2)cc1. The highest BCUT2D eigenvalue weighted by atomic mass is 15.1. The van der Waals surface area contributed by atoms with Gasteiger partial charge < -0.3 is 10.2 Å². The molecule has 3 aromatic carbocycles. The second-order valence-electron chi connectivity index (χ2n) is 10.4. The number of aryl methyl sites for hydroxylation is 2. The molecule has 0 aliphatic heterocycles. The summed E-state index contributed by atoms with van der Waals surface area (Å²) in [4.78, 5) is 2.57. The fourth-order valence-electron chi connectivity index (χ4n) is 4.19. The number of hydrogen-bond donors (Lipinski definition) is 1. The van der Waals surface area contributed by atoms with Crippen LogP contribution in [-0.2, 0) is 6.42 Å². The van der Waals surface area contributed by atoms with E-state index in [4.69, 9.17) is 0 Å². The van der Waals surface area contributed by atoms with Crippen LogP contribution in [0.1, 0.15) is 92.3 Å². The molecule has 1 saturated carbocycles. The number of nitrogens with zero attached hydrogens (tertiary/aromatic N) is 1. The minimum atomic E-state index is 1.05. The minimum Gasteiger partial charge on any atom is -0.316 e. The van der Waals surface area contributed by atoms with Crippen molar-refractivity contribution in [3.8, 4) is 0 Å². The van der Waals surface area contributed by atoms with E-state index in [-0.39, 0.29) is 0 Å². The van der Waals surface area contributed by atoms with E-state index in [0.717, 1.165) is 32.6 Å². The largest absolute Gasteiger partial charge is 0.316 e. The molecule has 0 heterocycles. The molecule has 2 nitrogen and oxygen atoms in total. The minimum absolute atomic E-state index is 1.05. The van der Waals surface area contributed by atoms with E-state index in [0.29, 0.717) is 0 Å². The average molecular weight is 539 g/mol. The van der Waals surface area contributed by atoms with Gasteiger partial charge in [0.15, 0.2) is 0 Å². The highest BCUT2D eigenvalue weighted by Gasteiger charge is 2.04. The lowest BCUT2D eigenvalue weighted by Crippen LogP contribution is -2.34. The first-order valence-electron chi connectivity index (χ1n) is 15.6. The Hall–Kier alpha value is -2.94. The standard InChI is InChI=1S/C33H42N2.C3H6.C2H6/c1-5-23-35(25-22-34-6-2)24-21-31-13-11-30(12-14-31)15-16-32-18-20-33(28(4)26-32)19-17-29-9-7-27(3)8-10-29;1-2-3-1;1-2/h7-20,26,34H,5-6,21-25H2,1-4H3;1-3H2;1-2H3/b16-15+,19-17+;;. The van der Waals surface area contributed by atoms with Crippen LogP contribution in [0.15, 0.2) is 66.7 Å². The third kappa shape index (κ3) is 13.9. The second kappa shape index (κ2) is 20.0. The van der Waals surface area contributed by atoms with Gasteiger partial charge in [-0.15, -0.1) is 0 Å². The number of rotatable bonds is 13. The first kappa shape index (κ1) is 33.3. The van der Waals surface area contributed by atoms with Gasteiger partial charge in [0.1, 0.15) is 0 Å². The second-order valence-corrected chi connectivity index (χ2v) is 10.4. The summed E-state index contributed by atoms with van der Waals surface area (Å²) in [5.41, 5.74) is 8.95. The maximum Gasteiger partial charge on any atom is 0.0107 e. The first-order chi connectivity index (χ1) is 19.6. The van der Waals surface area contributed by atoms with E-state index < -0.39 is 0 Å². The van der Waals surface area contributed by atoms with Crippen LogP contribution in [0.5, 0.6) is 0 Å². The summed E-state index contributed by atoms with van der Waals surface area (Å²) in [6.45, 7) is 18.3. The van der Waals surface area contributed by atoms with Gasteiger partial charge in [0.25, 0.3) is 0 Å². The monoisotopic (exact) mass is 538 g/mol. The van der Waals surface area contributed by atoms with Gasteiger partial charge in [-0.05, 0) is 73.2 Å². The maximum absolute atomic E-state index is 3.44. The topological polar surface area (TPSA) is 15.3 Å². The molecular formula is C38H54N2. The Bertz CT molecular complexity index is 1120. The molecule has 0 atom stereocenters. The Labute approximate surface area is 246 Å². The molecule has 1 aliphatic carbocycles. The number of hydrogen-bond acceptors (Lipinski definition) is 2. The molecule has 2 heteroatoms. The lowest BCUT2D eigenvalue weighted by molar-refractivity contribution is 0.277. The molecule has 0 radical (unpaired) electrons. The molecule has 0 amide bonds. The van der Waals surface area contributed by atoms with Gasteiger partial charge in [-0.2, -0.15) is 0 Å². The van der Waals surface area contributed by atoms with Gasteiger partial charge in [-0.25, -0.2) is 0 Å². The Morgan fingerprint density at radius 3 is 1.82 bits per heavy atom. The Kier molecular flexibility index (Phi) is 16.6. The number of benzene rings is 3. The van der Waals surface area contributed by atoms with Crippen molar-refractivity contribution >= 4 is 24.3 Å². The maximum atomic E-state index is 3.44. The fourth-order valence-corrected chi connectivity index (χ4v) is 4.19. The van der Waals surface area contributed by atoms with Crippen molar-refractivity contribution in [2.24, 2.45) is 0 Å². The molecular weight excluding hydrogens is 484 g/mol. The lowest BCUT2D eigenvalue weighted by Gasteiger charge is -2.21.